The monoisotopic (exact) mass is 293 g/mol. The van der Waals surface area contributed by atoms with Crippen LogP contribution in [0.3, 0.4) is 0 Å². The molecule has 0 spiro atoms. The van der Waals surface area contributed by atoms with Crippen molar-refractivity contribution >= 4 is 5.97 Å². The summed E-state index contributed by atoms with van der Waals surface area (Å²) in [4.78, 5) is 16.8. The van der Waals surface area contributed by atoms with E-state index in [2.05, 4.69) is 28.7 Å². The summed E-state index contributed by atoms with van der Waals surface area (Å²) in [5.74, 6) is 1.34. The van der Waals surface area contributed by atoms with Gasteiger partial charge in [0, 0.05) is 24.4 Å². The molecule has 118 valence electrons. The Balaban J connectivity index is 2.26. The Morgan fingerprint density at radius 2 is 2.38 bits per heavy atom. The summed E-state index contributed by atoms with van der Waals surface area (Å²) < 4.78 is 7.31. The molecule has 0 amide bonds. The number of carbonyl (C=O) groups excluding carboxylic acids is 1. The quantitative estimate of drug-likeness (QED) is 0.848. The van der Waals surface area contributed by atoms with Gasteiger partial charge in [0.2, 0.25) is 0 Å². The average molecular weight is 293 g/mol. The number of esters is 1. The van der Waals surface area contributed by atoms with E-state index in [1.807, 2.05) is 19.3 Å². The van der Waals surface area contributed by atoms with Crippen LogP contribution in [0.15, 0.2) is 12.4 Å². The molecule has 0 radical (unpaired) electrons. The molecule has 5 nitrogen and oxygen atoms in total. The van der Waals surface area contributed by atoms with Gasteiger partial charge in [0.1, 0.15) is 11.4 Å². The lowest BCUT2D eigenvalue weighted by atomic mass is 9.78. The number of rotatable bonds is 5. The lowest BCUT2D eigenvalue weighted by molar-refractivity contribution is -0.150. The fourth-order valence-corrected chi connectivity index (χ4v) is 3.52. The number of likely N-dealkylation sites (N-methyl/N-ethyl adjacent to an activating group) is 1. The van der Waals surface area contributed by atoms with Crippen molar-refractivity contribution < 1.29 is 9.53 Å². The van der Waals surface area contributed by atoms with E-state index in [0.29, 0.717) is 12.0 Å². The predicted molar refractivity (Wildman–Crippen MR) is 82.2 cm³/mol. The maximum atomic E-state index is 12.3. The summed E-state index contributed by atoms with van der Waals surface area (Å²) in [6.07, 6.45) is 7.61. The van der Waals surface area contributed by atoms with Gasteiger partial charge in [-0.25, -0.2) is 4.98 Å². The van der Waals surface area contributed by atoms with Crippen LogP contribution in [-0.4, -0.2) is 34.7 Å². The number of nitrogens with one attached hydrogen (secondary N) is 1. The molecule has 0 aromatic carbocycles. The highest BCUT2D eigenvalue weighted by Crippen LogP contribution is 2.37. The van der Waals surface area contributed by atoms with E-state index >= 15 is 0 Å². The Bertz CT molecular complexity index is 480. The lowest BCUT2D eigenvalue weighted by Crippen LogP contribution is -2.55. The molecule has 1 aliphatic rings. The summed E-state index contributed by atoms with van der Waals surface area (Å²) in [6, 6.07) is 0.303. The van der Waals surface area contributed by atoms with Gasteiger partial charge in [-0.2, -0.15) is 0 Å². The van der Waals surface area contributed by atoms with E-state index < -0.39 is 5.54 Å². The van der Waals surface area contributed by atoms with Crippen LogP contribution < -0.4 is 5.32 Å². The molecular formula is C16H27N3O2. The van der Waals surface area contributed by atoms with Crippen LogP contribution >= 0.6 is 0 Å². The van der Waals surface area contributed by atoms with Gasteiger partial charge >= 0.3 is 5.97 Å². The fraction of sp³-hybridized carbons (Fsp3) is 0.750. The molecular weight excluding hydrogens is 266 g/mol. The molecule has 21 heavy (non-hydrogen) atoms. The number of carbonyl (C=O) groups is 1. The van der Waals surface area contributed by atoms with Crippen LogP contribution in [-0.2, 0) is 9.53 Å². The Morgan fingerprint density at radius 3 is 3.00 bits per heavy atom. The number of ether oxygens (including phenoxy) is 1. The van der Waals surface area contributed by atoms with Crippen molar-refractivity contribution in [1.82, 2.24) is 14.9 Å². The maximum absolute atomic E-state index is 12.3. The standard InChI is InChI=1S/C16H27N3O2/c1-5-18-16(15(20)21-4)8-6-7-13(11-16)19-10-9-17-14(19)12(2)3/h9-10,12-13,18H,5-8,11H2,1-4H3. The number of aromatic nitrogens is 2. The largest absolute Gasteiger partial charge is 0.468 e. The van der Waals surface area contributed by atoms with Crippen LogP contribution in [0, 0.1) is 0 Å². The zero-order valence-electron chi connectivity index (χ0n) is 13.6. The molecule has 1 heterocycles. The summed E-state index contributed by atoms with van der Waals surface area (Å²) in [5, 5.41) is 3.38. The third-order valence-corrected chi connectivity index (χ3v) is 4.42. The maximum Gasteiger partial charge on any atom is 0.326 e. The summed E-state index contributed by atoms with van der Waals surface area (Å²) >= 11 is 0. The predicted octanol–water partition coefficient (Wildman–Crippen LogP) is 2.64. The minimum atomic E-state index is -0.551. The SMILES string of the molecule is CCNC1(C(=O)OC)CCCC(n2ccnc2C(C)C)C1. The van der Waals surface area contributed by atoms with E-state index in [0.717, 1.165) is 38.1 Å². The van der Waals surface area contributed by atoms with Gasteiger partial charge in [-0.05, 0) is 32.2 Å². The molecule has 0 aliphatic heterocycles. The van der Waals surface area contributed by atoms with Crippen molar-refractivity contribution in [3.63, 3.8) is 0 Å². The van der Waals surface area contributed by atoms with Crippen molar-refractivity contribution in [2.45, 2.75) is 64.0 Å². The van der Waals surface area contributed by atoms with Gasteiger partial charge in [0.25, 0.3) is 0 Å². The number of nitrogens with zero attached hydrogens (tertiary/aromatic N) is 2. The molecule has 1 aliphatic carbocycles. The summed E-state index contributed by atoms with van der Waals surface area (Å²) in [7, 11) is 1.47. The smallest absolute Gasteiger partial charge is 0.326 e. The molecule has 5 heteroatoms. The third kappa shape index (κ3) is 3.12. The normalized spacial score (nSPS) is 26.0. The van der Waals surface area contributed by atoms with Crippen molar-refractivity contribution in [1.29, 1.82) is 0 Å². The van der Waals surface area contributed by atoms with Crippen LogP contribution in [0.25, 0.3) is 0 Å². The lowest BCUT2D eigenvalue weighted by Gasteiger charge is -2.40. The molecule has 1 N–H and O–H groups in total. The van der Waals surface area contributed by atoms with Crippen LogP contribution in [0.2, 0.25) is 0 Å². The van der Waals surface area contributed by atoms with Crippen LogP contribution in [0.1, 0.15) is 64.2 Å². The highest BCUT2D eigenvalue weighted by molar-refractivity contribution is 5.81. The van der Waals surface area contributed by atoms with Gasteiger partial charge < -0.3 is 14.6 Å². The van der Waals surface area contributed by atoms with Crippen molar-refractivity contribution in [3.8, 4) is 0 Å². The first-order chi connectivity index (χ1) is 10.0. The number of hydrogen-bond acceptors (Lipinski definition) is 4. The third-order valence-electron chi connectivity index (χ3n) is 4.42. The Labute approximate surface area is 127 Å². The molecule has 2 atom stereocenters. The van der Waals surface area contributed by atoms with E-state index in [-0.39, 0.29) is 5.97 Å². The second kappa shape index (κ2) is 6.60. The van der Waals surface area contributed by atoms with Gasteiger partial charge in [0.15, 0.2) is 0 Å². The second-order valence-electron chi connectivity index (χ2n) is 6.20. The Hall–Kier alpha value is -1.36. The van der Waals surface area contributed by atoms with Gasteiger partial charge in [-0.15, -0.1) is 0 Å². The van der Waals surface area contributed by atoms with E-state index in [4.69, 9.17) is 4.74 Å². The van der Waals surface area contributed by atoms with Gasteiger partial charge in [0.05, 0.1) is 7.11 Å². The highest BCUT2D eigenvalue weighted by atomic mass is 16.5. The number of imidazole rings is 1. The molecule has 0 bridgehead atoms. The van der Waals surface area contributed by atoms with Crippen LogP contribution in [0.5, 0.6) is 0 Å². The van der Waals surface area contributed by atoms with Crippen LogP contribution in [0.4, 0.5) is 0 Å². The zero-order chi connectivity index (χ0) is 15.5. The molecule has 1 fully saturated rings. The molecule has 0 saturated heterocycles. The minimum Gasteiger partial charge on any atom is -0.468 e. The van der Waals surface area contributed by atoms with Gasteiger partial charge in [-0.1, -0.05) is 20.8 Å². The number of hydrogen-bond donors (Lipinski definition) is 1. The fourth-order valence-electron chi connectivity index (χ4n) is 3.52. The second-order valence-corrected chi connectivity index (χ2v) is 6.20. The van der Waals surface area contributed by atoms with E-state index in [1.165, 1.54) is 7.11 Å². The zero-order valence-corrected chi connectivity index (χ0v) is 13.6. The van der Waals surface area contributed by atoms with E-state index in [9.17, 15) is 4.79 Å². The first-order valence-electron chi connectivity index (χ1n) is 7.90. The topological polar surface area (TPSA) is 56.1 Å². The Kier molecular flexibility index (Phi) is 5.04. The minimum absolute atomic E-state index is 0.139. The van der Waals surface area contributed by atoms with Crippen molar-refractivity contribution in [3.05, 3.63) is 18.2 Å². The molecule has 2 unspecified atom stereocenters. The highest BCUT2D eigenvalue weighted by Gasteiger charge is 2.43. The molecule has 1 aromatic heterocycles. The molecule has 1 saturated carbocycles. The first-order valence-corrected chi connectivity index (χ1v) is 7.90. The Morgan fingerprint density at radius 1 is 1.62 bits per heavy atom. The van der Waals surface area contributed by atoms with Crippen molar-refractivity contribution in [2.75, 3.05) is 13.7 Å². The average Bonchev–Trinajstić information content (AvgIpc) is 2.96. The van der Waals surface area contributed by atoms with Crippen molar-refractivity contribution in [2.24, 2.45) is 0 Å². The molecule has 1 aromatic rings. The first kappa shape index (κ1) is 16.0. The number of methoxy groups -OCH3 is 1. The van der Waals surface area contributed by atoms with E-state index in [1.54, 1.807) is 0 Å². The molecule has 2 rings (SSSR count). The summed E-state index contributed by atoms with van der Waals surface area (Å²) in [6.45, 7) is 7.10. The summed E-state index contributed by atoms with van der Waals surface area (Å²) in [5.41, 5.74) is -0.551. The van der Waals surface area contributed by atoms with Gasteiger partial charge in [-0.3, -0.25) is 4.79 Å².